The third-order valence-corrected chi connectivity index (χ3v) is 6.62. The number of rotatable bonds is 5. The van der Waals surface area contributed by atoms with Crippen molar-refractivity contribution in [3.63, 3.8) is 0 Å². The number of alkyl halides is 3. The van der Waals surface area contributed by atoms with Crippen LogP contribution in [0.3, 0.4) is 0 Å². The summed E-state index contributed by atoms with van der Waals surface area (Å²) in [6.45, 7) is 0. The van der Waals surface area contributed by atoms with Gasteiger partial charge in [0, 0.05) is 23.7 Å². The van der Waals surface area contributed by atoms with Crippen LogP contribution in [-0.4, -0.2) is 25.9 Å². The highest BCUT2D eigenvalue weighted by Crippen LogP contribution is 2.46. The Morgan fingerprint density at radius 1 is 1.03 bits per heavy atom. The molecular weight excluding hydrogens is 486 g/mol. The van der Waals surface area contributed by atoms with Crippen LogP contribution in [0.15, 0.2) is 65.3 Å². The van der Waals surface area contributed by atoms with Crippen molar-refractivity contribution in [1.82, 2.24) is 19.7 Å². The second kappa shape index (κ2) is 8.52. The van der Waals surface area contributed by atoms with Gasteiger partial charge in [-0.3, -0.25) is 0 Å². The van der Waals surface area contributed by atoms with E-state index in [-0.39, 0.29) is 17.4 Å². The van der Waals surface area contributed by atoms with Crippen molar-refractivity contribution in [3.05, 3.63) is 77.9 Å². The fraction of sp³-hybridized carbons (Fsp3) is 0.222. The zero-order valence-electron chi connectivity index (χ0n) is 19.6. The Morgan fingerprint density at radius 2 is 1.81 bits per heavy atom. The summed E-state index contributed by atoms with van der Waals surface area (Å²) in [5, 5.41) is 8.02. The molecule has 0 spiro atoms. The van der Waals surface area contributed by atoms with E-state index in [1.54, 1.807) is 23.7 Å². The molecule has 0 radical (unpaired) electrons. The minimum absolute atomic E-state index is 0.0323. The molecule has 1 saturated carbocycles. The number of oxazole rings is 1. The average molecular weight is 507 g/mol. The first-order valence-corrected chi connectivity index (χ1v) is 11.7. The molecular formula is C27H21F4N5O. The van der Waals surface area contributed by atoms with Crippen molar-refractivity contribution in [2.24, 2.45) is 12.8 Å². The van der Waals surface area contributed by atoms with Crippen LogP contribution in [0, 0.1) is 5.82 Å². The Balaban J connectivity index is 1.46. The smallest absolute Gasteiger partial charge is 0.407 e. The Hall–Kier alpha value is -4.05. The molecule has 1 aliphatic rings. The lowest BCUT2D eigenvalue weighted by molar-refractivity contribution is -0.149. The molecule has 1 aliphatic carbocycles. The monoisotopic (exact) mass is 507 g/mol. The Morgan fingerprint density at radius 3 is 2.51 bits per heavy atom. The molecule has 6 rings (SSSR count). The summed E-state index contributed by atoms with van der Waals surface area (Å²) in [6.07, 6.45) is -1.28. The van der Waals surface area contributed by atoms with E-state index in [0.29, 0.717) is 33.6 Å². The summed E-state index contributed by atoms with van der Waals surface area (Å²) in [5.74, 6) is 0.503. The Bertz CT molecular complexity index is 1630. The lowest BCUT2D eigenvalue weighted by Crippen LogP contribution is -2.28. The van der Waals surface area contributed by atoms with Crippen molar-refractivity contribution in [3.8, 4) is 34.0 Å². The van der Waals surface area contributed by atoms with E-state index in [0.717, 1.165) is 24.0 Å². The number of benzene rings is 3. The first-order chi connectivity index (χ1) is 17.7. The van der Waals surface area contributed by atoms with Crippen LogP contribution in [0.1, 0.15) is 35.9 Å². The molecule has 2 N–H and O–H groups in total. The third-order valence-electron chi connectivity index (χ3n) is 6.62. The summed E-state index contributed by atoms with van der Waals surface area (Å²) in [7, 11) is 1.77. The molecule has 0 aliphatic heterocycles. The molecule has 6 nitrogen and oxygen atoms in total. The van der Waals surface area contributed by atoms with E-state index in [4.69, 9.17) is 10.2 Å². The molecule has 1 unspecified atom stereocenters. The SMILES string of the molecule is Cn1cnnc1-c1cc(F)ccc1-c1cccc(-c2nc3cc(C(N)C(F)(F)F)cc(C4CC4)c3o2)c1. The van der Waals surface area contributed by atoms with Crippen LogP contribution in [-0.2, 0) is 7.05 Å². The van der Waals surface area contributed by atoms with E-state index >= 15 is 0 Å². The van der Waals surface area contributed by atoms with Crippen molar-refractivity contribution >= 4 is 11.1 Å². The minimum Gasteiger partial charge on any atom is -0.436 e. The van der Waals surface area contributed by atoms with Gasteiger partial charge < -0.3 is 14.7 Å². The second-order valence-corrected chi connectivity index (χ2v) is 9.31. The van der Waals surface area contributed by atoms with Crippen molar-refractivity contribution in [2.75, 3.05) is 0 Å². The van der Waals surface area contributed by atoms with Gasteiger partial charge in [-0.05, 0) is 71.8 Å². The highest BCUT2D eigenvalue weighted by Gasteiger charge is 2.39. The zero-order chi connectivity index (χ0) is 25.9. The van der Waals surface area contributed by atoms with Gasteiger partial charge >= 0.3 is 6.18 Å². The molecule has 37 heavy (non-hydrogen) atoms. The number of hydrogen-bond acceptors (Lipinski definition) is 5. The largest absolute Gasteiger partial charge is 0.436 e. The van der Waals surface area contributed by atoms with Gasteiger partial charge in [0.05, 0.1) is 0 Å². The highest BCUT2D eigenvalue weighted by molar-refractivity contribution is 5.84. The molecule has 2 heterocycles. The van der Waals surface area contributed by atoms with Gasteiger partial charge in [-0.25, -0.2) is 9.37 Å². The maximum Gasteiger partial charge on any atom is 0.407 e. The van der Waals surface area contributed by atoms with Crippen molar-refractivity contribution in [1.29, 1.82) is 0 Å². The quantitative estimate of drug-likeness (QED) is 0.273. The fourth-order valence-corrected chi connectivity index (χ4v) is 4.57. The lowest BCUT2D eigenvalue weighted by Gasteiger charge is -2.16. The van der Waals surface area contributed by atoms with Gasteiger partial charge in [0.2, 0.25) is 5.89 Å². The normalized spacial score (nSPS) is 14.9. The molecule has 1 atom stereocenters. The number of aryl methyl sites for hydroxylation is 1. The molecule has 10 heteroatoms. The number of nitrogens with two attached hydrogens (primary N) is 1. The number of nitrogens with zero attached hydrogens (tertiary/aromatic N) is 4. The van der Waals surface area contributed by atoms with Crippen molar-refractivity contribution < 1.29 is 22.0 Å². The standard InChI is InChI=1S/C27H21F4N5O/c1-36-13-33-35-25(36)21-12-18(28)7-8-19(21)15-3-2-4-16(9-15)26-34-22-11-17(24(32)27(29,30)31)10-20(14-5-6-14)23(22)37-26/h2-4,7-14,24H,5-6,32H2,1H3. The van der Waals surface area contributed by atoms with E-state index in [1.807, 2.05) is 18.2 Å². The predicted octanol–water partition coefficient (Wildman–Crippen LogP) is 6.54. The topological polar surface area (TPSA) is 82.8 Å². The summed E-state index contributed by atoms with van der Waals surface area (Å²) in [4.78, 5) is 4.54. The minimum atomic E-state index is -4.56. The molecule has 3 aromatic carbocycles. The number of fused-ring (bicyclic) bond motifs is 1. The Kier molecular flexibility index (Phi) is 5.38. The summed E-state index contributed by atoms with van der Waals surface area (Å²) < 4.78 is 62.0. The van der Waals surface area contributed by atoms with Gasteiger partial charge in [0.25, 0.3) is 0 Å². The second-order valence-electron chi connectivity index (χ2n) is 9.31. The van der Waals surface area contributed by atoms with Crippen LogP contribution in [0.25, 0.3) is 45.1 Å². The first-order valence-electron chi connectivity index (χ1n) is 11.7. The lowest BCUT2D eigenvalue weighted by atomic mass is 9.97. The average Bonchev–Trinajstić information content (AvgIpc) is 3.48. The van der Waals surface area contributed by atoms with E-state index in [2.05, 4.69) is 15.2 Å². The number of hydrogen-bond donors (Lipinski definition) is 1. The third kappa shape index (κ3) is 4.27. The Labute approximate surface area is 208 Å². The van der Waals surface area contributed by atoms with Gasteiger partial charge in [-0.2, -0.15) is 13.2 Å². The maximum atomic E-state index is 14.2. The molecule has 0 saturated heterocycles. The maximum absolute atomic E-state index is 14.2. The van der Waals surface area contributed by atoms with Crippen LogP contribution in [0.4, 0.5) is 17.6 Å². The predicted molar refractivity (Wildman–Crippen MR) is 130 cm³/mol. The van der Waals surface area contributed by atoms with Gasteiger partial charge in [0.15, 0.2) is 11.4 Å². The van der Waals surface area contributed by atoms with E-state index in [9.17, 15) is 17.6 Å². The van der Waals surface area contributed by atoms with Gasteiger partial charge in [-0.1, -0.05) is 18.2 Å². The van der Waals surface area contributed by atoms with Crippen LogP contribution in [0.2, 0.25) is 0 Å². The summed E-state index contributed by atoms with van der Waals surface area (Å²) in [5.41, 5.74) is 9.67. The molecule has 0 amide bonds. The number of halogens is 4. The van der Waals surface area contributed by atoms with E-state index in [1.165, 1.54) is 30.6 Å². The highest BCUT2D eigenvalue weighted by atomic mass is 19.4. The van der Waals surface area contributed by atoms with E-state index < -0.39 is 18.0 Å². The molecule has 0 bridgehead atoms. The molecule has 1 fully saturated rings. The van der Waals surface area contributed by atoms with Crippen LogP contribution < -0.4 is 5.73 Å². The molecule has 2 aromatic heterocycles. The first kappa shape index (κ1) is 23.4. The van der Waals surface area contributed by atoms with Crippen molar-refractivity contribution in [2.45, 2.75) is 31.0 Å². The number of aromatic nitrogens is 4. The van der Waals surface area contributed by atoms with Crippen LogP contribution >= 0.6 is 0 Å². The fourth-order valence-electron chi connectivity index (χ4n) is 4.57. The summed E-state index contributed by atoms with van der Waals surface area (Å²) >= 11 is 0. The summed E-state index contributed by atoms with van der Waals surface area (Å²) in [6, 6.07) is 12.5. The molecule has 5 aromatic rings. The van der Waals surface area contributed by atoms with Gasteiger partial charge in [0.1, 0.15) is 23.7 Å². The zero-order valence-corrected chi connectivity index (χ0v) is 19.6. The van der Waals surface area contributed by atoms with Gasteiger partial charge in [-0.15, -0.1) is 10.2 Å². The van der Waals surface area contributed by atoms with Crippen LogP contribution in [0.5, 0.6) is 0 Å². The molecule has 188 valence electrons.